The van der Waals surface area contributed by atoms with Gasteiger partial charge in [-0.3, -0.25) is 8.97 Å². The lowest BCUT2D eigenvalue weighted by Gasteiger charge is -2.13. The summed E-state index contributed by atoms with van der Waals surface area (Å²) in [5, 5.41) is 2.48. The van der Waals surface area contributed by atoms with E-state index in [1.165, 1.54) is 21.8 Å². The minimum absolute atomic E-state index is 0.921. The van der Waals surface area contributed by atoms with Gasteiger partial charge in [-0.15, -0.1) is 0 Å². The van der Waals surface area contributed by atoms with Crippen LogP contribution in [-0.4, -0.2) is 18.5 Å². The molecule has 0 saturated heterocycles. The highest BCUT2D eigenvalue weighted by Gasteiger charge is 2.21. The quantitative estimate of drug-likeness (QED) is 0.269. The highest BCUT2D eigenvalue weighted by molar-refractivity contribution is 6.12. The Morgan fingerprint density at radius 3 is 1.97 bits per heavy atom. The van der Waals surface area contributed by atoms with Crippen LogP contribution in [0.2, 0.25) is 0 Å². The van der Waals surface area contributed by atoms with E-state index in [9.17, 15) is 0 Å². The normalized spacial score (nSPS) is 12.0. The molecule has 0 aliphatic heterocycles. The van der Waals surface area contributed by atoms with Crippen molar-refractivity contribution in [3.05, 3.63) is 121 Å². The first kappa shape index (κ1) is 18.6. The minimum atomic E-state index is 0.921. The van der Waals surface area contributed by atoms with E-state index >= 15 is 0 Å². The van der Waals surface area contributed by atoms with Crippen molar-refractivity contribution in [1.29, 1.82) is 0 Å². The number of imidazole rings is 2. The van der Waals surface area contributed by atoms with Gasteiger partial charge in [-0.2, -0.15) is 0 Å². The van der Waals surface area contributed by atoms with Gasteiger partial charge in [0.1, 0.15) is 0 Å². The molecular weight excluding hydrogens is 428 g/mol. The van der Waals surface area contributed by atoms with E-state index in [0.29, 0.717) is 0 Å². The Balaban J connectivity index is 1.62. The predicted octanol–water partition coefficient (Wildman–Crippen LogP) is 7.53. The topological polar surface area (TPSA) is 27.2 Å². The third kappa shape index (κ3) is 2.43. The van der Waals surface area contributed by atoms with E-state index in [1.54, 1.807) is 0 Å². The van der Waals surface area contributed by atoms with Gasteiger partial charge >= 0.3 is 0 Å². The van der Waals surface area contributed by atoms with Crippen LogP contribution < -0.4 is 0 Å². The number of benzene rings is 5. The summed E-state index contributed by atoms with van der Waals surface area (Å²) in [6.07, 6.45) is 0. The Hall–Kier alpha value is -4.83. The van der Waals surface area contributed by atoms with E-state index in [0.717, 1.165) is 39.2 Å². The molecule has 4 nitrogen and oxygen atoms in total. The van der Waals surface area contributed by atoms with Crippen molar-refractivity contribution in [3.8, 4) is 11.4 Å². The number of para-hydroxylation sites is 7. The van der Waals surface area contributed by atoms with E-state index in [1.807, 2.05) is 0 Å². The van der Waals surface area contributed by atoms with Crippen LogP contribution in [0.15, 0.2) is 121 Å². The van der Waals surface area contributed by atoms with Crippen molar-refractivity contribution in [2.24, 2.45) is 0 Å². The molecular formula is C31H20N4. The zero-order valence-electron chi connectivity index (χ0n) is 18.8. The molecule has 0 atom stereocenters. The fourth-order valence-electron chi connectivity index (χ4n) is 5.61. The van der Waals surface area contributed by atoms with Gasteiger partial charge in [0.05, 0.1) is 38.8 Å². The van der Waals surface area contributed by atoms with Crippen LogP contribution in [-0.2, 0) is 0 Å². The molecule has 0 bridgehead atoms. The molecule has 0 aliphatic rings. The van der Waals surface area contributed by atoms with Crippen molar-refractivity contribution in [2.75, 3.05) is 0 Å². The standard InChI is InChI=1S/C31H20N4/c1-2-11-21(12-3-1)33-25-16-6-4-13-22(25)23-14-10-20-29(30(23)33)35-28-19-9-8-18-27(28)34-26-17-7-5-15-24(26)32-31(34)35/h1-20H. The lowest BCUT2D eigenvalue weighted by Crippen LogP contribution is -2.01. The fraction of sp³-hybridized carbons (Fsp3) is 0. The van der Waals surface area contributed by atoms with Crippen LogP contribution in [0, 0.1) is 0 Å². The molecule has 0 aliphatic carbocycles. The molecule has 4 heteroatoms. The molecule has 0 radical (unpaired) electrons. The van der Waals surface area contributed by atoms with Gasteiger partial charge in [0.25, 0.3) is 0 Å². The largest absolute Gasteiger partial charge is 0.307 e. The monoisotopic (exact) mass is 448 g/mol. The van der Waals surface area contributed by atoms with Crippen LogP contribution in [0.4, 0.5) is 0 Å². The van der Waals surface area contributed by atoms with Gasteiger partial charge in [0.15, 0.2) is 0 Å². The highest BCUT2D eigenvalue weighted by atomic mass is 15.2. The minimum Gasteiger partial charge on any atom is -0.307 e. The molecule has 0 unspecified atom stereocenters. The maximum Gasteiger partial charge on any atom is 0.220 e. The Morgan fingerprint density at radius 1 is 0.457 bits per heavy atom. The van der Waals surface area contributed by atoms with Crippen molar-refractivity contribution in [2.45, 2.75) is 0 Å². The summed E-state index contributed by atoms with van der Waals surface area (Å²) in [5.41, 5.74) is 9.04. The summed E-state index contributed by atoms with van der Waals surface area (Å²) < 4.78 is 6.98. The van der Waals surface area contributed by atoms with Gasteiger partial charge in [-0.25, -0.2) is 4.98 Å². The summed E-state index contributed by atoms with van der Waals surface area (Å²) in [7, 11) is 0. The van der Waals surface area contributed by atoms with Crippen LogP contribution >= 0.6 is 0 Å². The maximum absolute atomic E-state index is 5.11. The Morgan fingerprint density at radius 2 is 1.11 bits per heavy atom. The first-order valence-corrected chi connectivity index (χ1v) is 11.8. The molecule has 0 saturated carbocycles. The van der Waals surface area contributed by atoms with E-state index in [2.05, 4.69) is 135 Å². The third-order valence-corrected chi connectivity index (χ3v) is 7.04. The smallest absolute Gasteiger partial charge is 0.220 e. The maximum atomic E-state index is 5.11. The molecule has 0 fully saturated rings. The van der Waals surface area contributed by atoms with Crippen molar-refractivity contribution in [3.63, 3.8) is 0 Å². The van der Waals surface area contributed by atoms with Crippen LogP contribution in [0.25, 0.3) is 61.0 Å². The molecule has 164 valence electrons. The number of aromatic nitrogens is 4. The van der Waals surface area contributed by atoms with E-state index < -0.39 is 0 Å². The van der Waals surface area contributed by atoms with Gasteiger partial charge in [-0.05, 0) is 48.5 Å². The average Bonchev–Trinajstić information content (AvgIpc) is 3.56. The highest BCUT2D eigenvalue weighted by Crippen LogP contribution is 2.38. The summed E-state index contributed by atoms with van der Waals surface area (Å²) in [5.74, 6) is 0.921. The Labute approximate surface area is 200 Å². The SMILES string of the molecule is c1ccc(-n2c3ccccc3c3cccc(-n4c5ccccc5n5c6ccccc6nc45)c32)cc1. The molecule has 35 heavy (non-hydrogen) atoms. The lowest BCUT2D eigenvalue weighted by atomic mass is 10.1. The second-order valence-electron chi connectivity index (χ2n) is 8.92. The number of rotatable bonds is 2. The zero-order valence-corrected chi connectivity index (χ0v) is 18.8. The van der Waals surface area contributed by atoms with E-state index in [4.69, 9.17) is 4.98 Å². The molecule has 8 aromatic rings. The number of hydrogen-bond acceptors (Lipinski definition) is 1. The summed E-state index contributed by atoms with van der Waals surface area (Å²) >= 11 is 0. The Kier molecular flexibility index (Phi) is 3.63. The van der Waals surface area contributed by atoms with E-state index in [-0.39, 0.29) is 0 Å². The number of nitrogens with zero attached hydrogens (tertiary/aromatic N) is 4. The predicted molar refractivity (Wildman–Crippen MR) is 144 cm³/mol. The molecule has 5 aromatic carbocycles. The van der Waals surface area contributed by atoms with Gasteiger partial charge in [0.2, 0.25) is 5.78 Å². The van der Waals surface area contributed by atoms with Crippen molar-refractivity contribution in [1.82, 2.24) is 18.5 Å². The first-order chi connectivity index (χ1) is 17.4. The fourth-order valence-corrected chi connectivity index (χ4v) is 5.61. The molecule has 0 amide bonds. The van der Waals surface area contributed by atoms with Crippen LogP contribution in [0.1, 0.15) is 0 Å². The number of hydrogen-bond donors (Lipinski definition) is 0. The molecule has 0 spiro atoms. The summed E-state index contributed by atoms with van der Waals surface area (Å²) in [4.78, 5) is 5.11. The summed E-state index contributed by atoms with van der Waals surface area (Å²) in [6, 6.07) is 42.8. The Bertz CT molecular complexity index is 2050. The second-order valence-corrected chi connectivity index (χ2v) is 8.92. The van der Waals surface area contributed by atoms with Crippen molar-refractivity contribution >= 4 is 49.7 Å². The molecule has 3 heterocycles. The molecule has 0 N–H and O–H groups in total. The van der Waals surface area contributed by atoms with Gasteiger partial charge in [0, 0.05) is 16.5 Å². The molecule has 8 rings (SSSR count). The average molecular weight is 449 g/mol. The summed E-state index contributed by atoms with van der Waals surface area (Å²) in [6.45, 7) is 0. The van der Waals surface area contributed by atoms with Crippen LogP contribution in [0.3, 0.4) is 0 Å². The molecule has 3 aromatic heterocycles. The third-order valence-electron chi connectivity index (χ3n) is 7.04. The second kappa shape index (κ2) is 6.84. The first-order valence-electron chi connectivity index (χ1n) is 11.8. The zero-order chi connectivity index (χ0) is 22.9. The number of fused-ring (bicyclic) bond motifs is 8. The lowest BCUT2D eigenvalue weighted by molar-refractivity contribution is 1.09. The van der Waals surface area contributed by atoms with Gasteiger partial charge < -0.3 is 4.57 Å². The van der Waals surface area contributed by atoms with Gasteiger partial charge in [-0.1, -0.05) is 72.8 Å². The van der Waals surface area contributed by atoms with Crippen LogP contribution in [0.5, 0.6) is 0 Å². The van der Waals surface area contributed by atoms with Crippen molar-refractivity contribution < 1.29 is 0 Å².